The van der Waals surface area contributed by atoms with Crippen molar-refractivity contribution in [1.82, 2.24) is 10.2 Å². The van der Waals surface area contributed by atoms with Gasteiger partial charge in [-0.3, -0.25) is 9.59 Å². The van der Waals surface area contributed by atoms with Gasteiger partial charge in [-0.2, -0.15) is 0 Å². The summed E-state index contributed by atoms with van der Waals surface area (Å²) in [7, 11) is 0. The molecule has 4 nitrogen and oxygen atoms in total. The first-order chi connectivity index (χ1) is 15.5. The van der Waals surface area contributed by atoms with Crippen LogP contribution in [-0.2, 0) is 21.4 Å². The maximum Gasteiger partial charge on any atom is 0.233 e. The second-order valence-corrected chi connectivity index (χ2v) is 9.00. The maximum absolute atomic E-state index is 13.9. The Labute approximate surface area is 188 Å². The minimum absolute atomic E-state index is 0.0332. The Hall–Kier alpha value is -2.76. The van der Waals surface area contributed by atoms with Crippen molar-refractivity contribution in [2.24, 2.45) is 5.92 Å². The van der Waals surface area contributed by atoms with Crippen LogP contribution in [0.4, 0.5) is 8.78 Å². The van der Waals surface area contributed by atoms with Crippen molar-refractivity contribution in [3.8, 4) is 0 Å². The van der Waals surface area contributed by atoms with Crippen molar-refractivity contribution in [1.29, 1.82) is 0 Å². The number of halogens is 2. The molecular formula is C26H30F2N2O2. The van der Waals surface area contributed by atoms with E-state index in [0.717, 1.165) is 31.2 Å². The number of hydrogen-bond donors (Lipinski definition) is 1. The molecule has 0 bridgehead atoms. The average Bonchev–Trinajstić information content (AvgIpc) is 3.31. The Morgan fingerprint density at radius 2 is 1.72 bits per heavy atom. The molecule has 1 aliphatic carbocycles. The summed E-state index contributed by atoms with van der Waals surface area (Å²) in [6, 6.07) is 13.0. The molecule has 1 aliphatic heterocycles. The second kappa shape index (κ2) is 9.80. The van der Waals surface area contributed by atoms with Gasteiger partial charge in [0, 0.05) is 25.6 Å². The van der Waals surface area contributed by atoms with E-state index in [1.54, 1.807) is 24.3 Å². The molecule has 4 rings (SSSR count). The van der Waals surface area contributed by atoms with Gasteiger partial charge < -0.3 is 10.2 Å². The molecule has 170 valence electrons. The van der Waals surface area contributed by atoms with Crippen molar-refractivity contribution < 1.29 is 18.4 Å². The third-order valence-corrected chi connectivity index (χ3v) is 7.05. The summed E-state index contributed by atoms with van der Waals surface area (Å²) >= 11 is 0. The number of nitrogens with one attached hydrogen (secondary N) is 1. The van der Waals surface area contributed by atoms with Gasteiger partial charge in [-0.1, -0.05) is 43.2 Å². The lowest BCUT2D eigenvalue weighted by molar-refractivity contribution is -0.140. The van der Waals surface area contributed by atoms with Gasteiger partial charge in [0.2, 0.25) is 11.8 Å². The summed E-state index contributed by atoms with van der Waals surface area (Å²) in [6.45, 7) is 1.45. The van der Waals surface area contributed by atoms with Gasteiger partial charge in [0.05, 0.1) is 5.41 Å². The van der Waals surface area contributed by atoms with Crippen LogP contribution in [0.2, 0.25) is 0 Å². The minimum Gasteiger partial charge on any atom is -0.356 e. The van der Waals surface area contributed by atoms with Crippen LogP contribution in [-0.4, -0.2) is 36.3 Å². The molecule has 2 aliphatic rings. The molecule has 1 N–H and O–H groups in total. The number of benzene rings is 2. The van der Waals surface area contributed by atoms with E-state index in [1.807, 2.05) is 11.0 Å². The summed E-state index contributed by atoms with van der Waals surface area (Å²) in [5.41, 5.74) is 0.720. The van der Waals surface area contributed by atoms with E-state index in [0.29, 0.717) is 44.5 Å². The summed E-state index contributed by atoms with van der Waals surface area (Å²) in [5, 5.41) is 2.92. The van der Waals surface area contributed by atoms with E-state index in [-0.39, 0.29) is 29.4 Å². The Kier molecular flexibility index (Phi) is 6.87. The van der Waals surface area contributed by atoms with Gasteiger partial charge in [-0.15, -0.1) is 0 Å². The molecule has 6 heteroatoms. The molecule has 0 spiro atoms. The van der Waals surface area contributed by atoms with Crippen LogP contribution in [0.15, 0.2) is 48.5 Å². The molecule has 0 unspecified atom stereocenters. The lowest BCUT2D eigenvalue weighted by atomic mass is 9.77. The summed E-state index contributed by atoms with van der Waals surface area (Å²) in [4.78, 5) is 28.0. The number of nitrogens with zero attached hydrogens (tertiary/aromatic N) is 1. The zero-order valence-corrected chi connectivity index (χ0v) is 18.3. The SMILES string of the molecule is O=C(NCCc1ccccc1F)C1CCN(C(=O)C2(c3cccc(F)c3)CCCC2)CC1. The molecule has 1 saturated heterocycles. The number of piperidine rings is 1. The highest BCUT2D eigenvalue weighted by Gasteiger charge is 2.45. The Morgan fingerprint density at radius 1 is 1.00 bits per heavy atom. The van der Waals surface area contributed by atoms with Gasteiger partial charge >= 0.3 is 0 Å². The molecule has 2 amide bonds. The first-order valence-electron chi connectivity index (χ1n) is 11.6. The molecule has 32 heavy (non-hydrogen) atoms. The van der Waals surface area contributed by atoms with Crippen molar-refractivity contribution in [3.63, 3.8) is 0 Å². The molecule has 0 radical (unpaired) electrons. The topological polar surface area (TPSA) is 49.4 Å². The standard InChI is InChI=1S/C26H30F2N2O2/c27-22-8-5-7-21(18-22)26(13-3-4-14-26)25(32)30-16-11-20(12-17-30)24(31)29-15-10-19-6-1-2-9-23(19)28/h1-2,5-9,18,20H,3-4,10-17H2,(H,29,31). The van der Waals surface area contributed by atoms with Crippen molar-refractivity contribution in [3.05, 3.63) is 71.3 Å². The fraction of sp³-hybridized carbons (Fsp3) is 0.462. The Morgan fingerprint density at radius 3 is 2.41 bits per heavy atom. The normalized spacial score (nSPS) is 18.5. The van der Waals surface area contributed by atoms with E-state index in [1.165, 1.54) is 18.2 Å². The molecule has 0 aromatic heterocycles. The van der Waals surface area contributed by atoms with Crippen molar-refractivity contribution >= 4 is 11.8 Å². The van der Waals surface area contributed by atoms with Crippen LogP contribution < -0.4 is 5.32 Å². The van der Waals surface area contributed by atoms with Gasteiger partial charge in [0.15, 0.2) is 0 Å². The van der Waals surface area contributed by atoms with Gasteiger partial charge in [0.1, 0.15) is 11.6 Å². The highest BCUT2D eigenvalue weighted by molar-refractivity contribution is 5.89. The lowest BCUT2D eigenvalue weighted by Gasteiger charge is -2.38. The van der Waals surface area contributed by atoms with Crippen molar-refractivity contribution in [2.75, 3.05) is 19.6 Å². The van der Waals surface area contributed by atoms with Crippen molar-refractivity contribution in [2.45, 2.75) is 50.4 Å². The van der Waals surface area contributed by atoms with E-state index in [2.05, 4.69) is 5.32 Å². The number of rotatable bonds is 6. The lowest BCUT2D eigenvalue weighted by Crippen LogP contribution is -2.50. The van der Waals surface area contributed by atoms with Gasteiger partial charge in [0.25, 0.3) is 0 Å². The highest BCUT2D eigenvalue weighted by Crippen LogP contribution is 2.43. The van der Waals surface area contributed by atoms with E-state index in [4.69, 9.17) is 0 Å². The Balaban J connectivity index is 1.32. The summed E-state index contributed by atoms with van der Waals surface area (Å²) < 4.78 is 27.6. The first-order valence-corrected chi connectivity index (χ1v) is 11.6. The van der Waals surface area contributed by atoms with E-state index in [9.17, 15) is 18.4 Å². The largest absolute Gasteiger partial charge is 0.356 e. The molecule has 1 saturated carbocycles. The first kappa shape index (κ1) is 22.4. The van der Waals surface area contributed by atoms with Crippen LogP contribution >= 0.6 is 0 Å². The average molecular weight is 441 g/mol. The molecule has 2 aromatic rings. The van der Waals surface area contributed by atoms with Gasteiger partial charge in [-0.05, 0) is 61.4 Å². The van der Waals surface area contributed by atoms with Crippen LogP contribution in [0, 0.1) is 17.6 Å². The monoisotopic (exact) mass is 440 g/mol. The van der Waals surface area contributed by atoms with Gasteiger partial charge in [-0.25, -0.2) is 8.78 Å². The third-order valence-electron chi connectivity index (χ3n) is 7.05. The number of hydrogen-bond acceptors (Lipinski definition) is 2. The molecule has 1 heterocycles. The minimum atomic E-state index is -0.642. The summed E-state index contributed by atoms with van der Waals surface area (Å²) in [6.07, 6.45) is 5.07. The highest BCUT2D eigenvalue weighted by atomic mass is 19.1. The predicted molar refractivity (Wildman–Crippen MR) is 119 cm³/mol. The maximum atomic E-state index is 13.9. The number of carbonyl (C=O) groups is 2. The molecule has 0 atom stereocenters. The number of likely N-dealkylation sites (tertiary alicyclic amines) is 1. The van der Waals surface area contributed by atoms with Crippen LogP contribution in [0.5, 0.6) is 0 Å². The number of carbonyl (C=O) groups excluding carboxylic acids is 2. The quantitative estimate of drug-likeness (QED) is 0.725. The van der Waals surface area contributed by atoms with E-state index < -0.39 is 5.41 Å². The summed E-state index contributed by atoms with van der Waals surface area (Å²) in [5.74, 6) is -0.679. The predicted octanol–water partition coefficient (Wildman–Crippen LogP) is 4.37. The van der Waals surface area contributed by atoms with Crippen LogP contribution in [0.1, 0.15) is 49.7 Å². The van der Waals surface area contributed by atoms with Crippen LogP contribution in [0.3, 0.4) is 0 Å². The smallest absolute Gasteiger partial charge is 0.233 e. The van der Waals surface area contributed by atoms with Crippen LogP contribution in [0.25, 0.3) is 0 Å². The zero-order chi connectivity index (χ0) is 22.6. The number of amides is 2. The fourth-order valence-electron chi connectivity index (χ4n) is 5.20. The Bertz CT molecular complexity index is 964. The molecule has 2 aromatic carbocycles. The third kappa shape index (κ3) is 4.69. The molecule has 2 fully saturated rings. The zero-order valence-electron chi connectivity index (χ0n) is 18.3. The van der Waals surface area contributed by atoms with E-state index >= 15 is 0 Å². The second-order valence-electron chi connectivity index (χ2n) is 9.00. The fourth-order valence-corrected chi connectivity index (χ4v) is 5.20. The molecular weight excluding hydrogens is 410 g/mol.